The quantitative estimate of drug-likeness (QED) is 0.865. The Hall–Kier alpha value is -1.67. The zero-order chi connectivity index (χ0) is 12.1. The number of hydrogen-bond donors (Lipinski definition) is 1. The molecular weight excluding hydrogens is 208 g/mol. The van der Waals surface area contributed by atoms with Gasteiger partial charge in [0.1, 0.15) is 0 Å². The van der Waals surface area contributed by atoms with Gasteiger partial charge in [0.2, 0.25) is 0 Å². The van der Waals surface area contributed by atoms with Gasteiger partial charge in [-0.3, -0.25) is 4.98 Å². The van der Waals surface area contributed by atoms with E-state index in [0.717, 1.165) is 12.2 Å². The van der Waals surface area contributed by atoms with E-state index in [-0.39, 0.29) is 0 Å². The van der Waals surface area contributed by atoms with Crippen LogP contribution in [-0.4, -0.2) is 4.98 Å². The molecule has 1 atom stereocenters. The van der Waals surface area contributed by atoms with Crippen molar-refractivity contribution in [1.29, 1.82) is 0 Å². The van der Waals surface area contributed by atoms with Crippen LogP contribution in [0.25, 0.3) is 0 Å². The molecule has 1 heterocycles. The average molecular weight is 226 g/mol. The summed E-state index contributed by atoms with van der Waals surface area (Å²) in [6, 6.07) is 15.0. The third-order valence-corrected chi connectivity index (χ3v) is 2.86. The van der Waals surface area contributed by atoms with Crippen LogP contribution in [0.5, 0.6) is 0 Å². The van der Waals surface area contributed by atoms with Crippen molar-refractivity contribution >= 4 is 0 Å². The van der Waals surface area contributed by atoms with Gasteiger partial charge in [-0.25, -0.2) is 0 Å². The first-order valence-electron chi connectivity index (χ1n) is 5.95. The van der Waals surface area contributed by atoms with Gasteiger partial charge in [-0.15, -0.1) is 0 Å². The number of rotatable bonds is 4. The fourth-order valence-corrected chi connectivity index (χ4v) is 1.72. The summed E-state index contributed by atoms with van der Waals surface area (Å²) >= 11 is 0. The number of nitrogens with one attached hydrogen (secondary N) is 1. The highest BCUT2D eigenvalue weighted by atomic mass is 14.9. The molecule has 88 valence electrons. The molecule has 0 spiro atoms. The van der Waals surface area contributed by atoms with Gasteiger partial charge in [0.15, 0.2) is 0 Å². The molecule has 0 fully saturated rings. The van der Waals surface area contributed by atoms with Crippen molar-refractivity contribution in [3.8, 4) is 0 Å². The van der Waals surface area contributed by atoms with Gasteiger partial charge in [0.05, 0.1) is 5.69 Å². The molecule has 0 saturated heterocycles. The van der Waals surface area contributed by atoms with Crippen LogP contribution in [0.2, 0.25) is 0 Å². The van der Waals surface area contributed by atoms with E-state index in [1.54, 1.807) is 0 Å². The van der Waals surface area contributed by atoms with Crippen molar-refractivity contribution in [3.63, 3.8) is 0 Å². The highest BCUT2D eigenvalue weighted by Gasteiger charge is 2.03. The number of nitrogens with zero attached hydrogens (tertiary/aromatic N) is 1. The molecule has 2 rings (SSSR count). The van der Waals surface area contributed by atoms with Crippen LogP contribution >= 0.6 is 0 Å². The monoisotopic (exact) mass is 226 g/mol. The van der Waals surface area contributed by atoms with Gasteiger partial charge in [0, 0.05) is 18.8 Å². The smallest absolute Gasteiger partial charge is 0.0542 e. The number of aromatic nitrogens is 1. The Bertz CT molecular complexity index is 448. The van der Waals surface area contributed by atoms with Crippen LogP contribution in [0.1, 0.15) is 29.8 Å². The molecule has 0 aliphatic rings. The molecule has 0 radical (unpaired) electrons. The second kappa shape index (κ2) is 5.60. The predicted octanol–water partition coefficient (Wildman–Crippen LogP) is 3.24. The van der Waals surface area contributed by atoms with Gasteiger partial charge in [0.25, 0.3) is 0 Å². The molecule has 1 aromatic heterocycles. The van der Waals surface area contributed by atoms with Gasteiger partial charge in [-0.1, -0.05) is 36.4 Å². The molecule has 17 heavy (non-hydrogen) atoms. The Labute approximate surface area is 103 Å². The molecular formula is C15H18N2. The first kappa shape index (κ1) is 11.8. The van der Waals surface area contributed by atoms with E-state index in [2.05, 4.69) is 60.5 Å². The topological polar surface area (TPSA) is 24.9 Å². The van der Waals surface area contributed by atoms with Crippen LogP contribution in [0.15, 0.2) is 48.7 Å². The third-order valence-electron chi connectivity index (χ3n) is 2.86. The average Bonchev–Trinajstić information content (AvgIpc) is 2.39. The fraction of sp³-hybridized carbons (Fsp3) is 0.267. The van der Waals surface area contributed by atoms with E-state index in [9.17, 15) is 0 Å². The zero-order valence-corrected chi connectivity index (χ0v) is 10.4. The fourth-order valence-electron chi connectivity index (χ4n) is 1.72. The first-order chi connectivity index (χ1) is 8.25. The Balaban J connectivity index is 1.92. The molecule has 2 heteroatoms. The van der Waals surface area contributed by atoms with Crippen molar-refractivity contribution in [1.82, 2.24) is 10.3 Å². The molecule has 0 aliphatic heterocycles. The Morgan fingerprint density at radius 3 is 2.53 bits per heavy atom. The molecule has 0 amide bonds. The van der Waals surface area contributed by atoms with Crippen LogP contribution < -0.4 is 5.32 Å². The van der Waals surface area contributed by atoms with Crippen molar-refractivity contribution in [3.05, 3.63) is 65.5 Å². The summed E-state index contributed by atoms with van der Waals surface area (Å²) in [5.41, 5.74) is 3.59. The third kappa shape index (κ3) is 3.40. The van der Waals surface area contributed by atoms with Gasteiger partial charge < -0.3 is 5.32 Å². The molecule has 2 aromatic rings. The van der Waals surface area contributed by atoms with E-state index in [0.29, 0.717) is 6.04 Å². The van der Waals surface area contributed by atoms with Gasteiger partial charge in [-0.05, 0) is 31.0 Å². The molecule has 0 saturated carbocycles. The predicted molar refractivity (Wildman–Crippen MR) is 70.7 cm³/mol. The lowest BCUT2D eigenvalue weighted by Crippen LogP contribution is -2.18. The number of aryl methyl sites for hydroxylation is 1. The number of benzene rings is 1. The zero-order valence-electron chi connectivity index (χ0n) is 10.4. The first-order valence-corrected chi connectivity index (χ1v) is 5.95. The Morgan fingerprint density at radius 2 is 1.88 bits per heavy atom. The highest BCUT2D eigenvalue weighted by molar-refractivity contribution is 5.18. The van der Waals surface area contributed by atoms with Gasteiger partial charge >= 0.3 is 0 Å². The van der Waals surface area contributed by atoms with Crippen molar-refractivity contribution < 1.29 is 0 Å². The summed E-state index contributed by atoms with van der Waals surface area (Å²) in [5, 5.41) is 3.47. The van der Waals surface area contributed by atoms with Gasteiger partial charge in [-0.2, -0.15) is 0 Å². The lowest BCUT2D eigenvalue weighted by Gasteiger charge is -2.13. The van der Waals surface area contributed by atoms with E-state index in [1.807, 2.05) is 12.3 Å². The van der Waals surface area contributed by atoms with E-state index in [4.69, 9.17) is 0 Å². The maximum atomic E-state index is 4.38. The second-order valence-electron chi connectivity index (χ2n) is 4.34. The SMILES string of the molecule is Cc1ccc(CNC(C)c2ccccc2)nc1. The Kier molecular flexibility index (Phi) is 3.89. The van der Waals surface area contributed by atoms with E-state index in [1.165, 1.54) is 11.1 Å². The minimum absolute atomic E-state index is 0.347. The maximum Gasteiger partial charge on any atom is 0.0542 e. The lowest BCUT2D eigenvalue weighted by atomic mass is 10.1. The van der Waals surface area contributed by atoms with Crippen LogP contribution in [0.3, 0.4) is 0 Å². The van der Waals surface area contributed by atoms with Crippen molar-refractivity contribution in [2.75, 3.05) is 0 Å². The maximum absolute atomic E-state index is 4.38. The molecule has 2 nitrogen and oxygen atoms in total. The molecule has 0 aliphatic carbocycles. The molecule has 1 unspecified atom stereocenters. The van der Waals surface area contributed by atoms with Crippen LogP contribution in [0, 0.1) is 6.92 Å². The minimum atomic E-state index is 0.347. The lowest BCUT2D eigenvalue weighted by molar-refractivity contribution is 0.567. The summed E-state index contributed by atoms with van der Waals surface area (Å²) in [6.07, 6.45) is 1.91. The molecule has 0 bridgehead atoms. The molecule has 1 aromatic carbocycles. The number of hydrogen-bond acceptors (Lipinski definition) is 2. The largest absolute Gasteiger partial charge is 0.305 e. The van der Waals surface area contributed by atoms with E-state index < -0.39 is 0 Å². The summed E-state index contributed by atoms with van der Waals surface area (Å²) in [5.74, 6) is 0. The summed E-state index contributed by atoms with van der Waals surface area (Å²) in [6.45, 7) is 5.02. The minimum Gasteiger partial charge on any atom is -0.305 e. The van der Waals surface area contributed by atoms with Crippen molar-refractivity contribution in [2.24, 2.45) is 0 Å². The van der Waals surface area contributed by atoms with Crippen molar-refractivity contribution in [2.45, 2.75) is 26.4 Å². The number of pyridine rings is 1. The second-order valence-corrected chi connectivity index (χ2v) is 4.34. The van der Waals surface area contributed by atoms with Crippen LogP contribution in [-0.2, 0) is 6.54 Å². The summed E-state index contributed by atoms with van der Waals surface area (Å²) in [4.78, 5) is 4.38. The Morgan fingerprint density at radius 1 is 1.12 bits per heavy atom. The molecule has 1 N–H and O–H groups in total. The standard InChI is InChI=1S/C15H18N2/c1-12-8-9-15(17-10-12)11-16-13(2)14-6-4-3-5-7-14/h3-10,13,16H,11H2,1-2H3. The summed E-state index contributed by atoms with van der Waals surface area (Å²) in [7, 11) is 0. The normalized spacial score (nSPS) is 12.4. The van der Waals surface area contributed by atoms with E-state index >= 15 is 0 Å². The highest BCUT2D eigenvalue weighted by Crippen LogP contribution is 2.11. The van der Waals surface area contributed by atoms with Crippen LogP contribution in [0.4, 0.5) is 0 Å². The summed E-state index contributed by atoms with van der Waals surface area (Å²) < 4.78 is 0.